The Morgan fingerprint density at radius 1 is 1.05 bits per heavy atom. The van der Waals surface area contributed by atoms with Crippen molar-refractivity contribution in [3.05, 3.63) is 23.8 Å². The second-order valence-corrected chi connectivity index (χ2v) is 8.01. The topological polar surface area (TPSA) is 104 Å². The second-order valence-electron chi connectivity index (χ2n) is 4.39. The van der Waals surface area contributed by atoms with E-state index in [1.54, 1.807) is 6.92 Å². The van der Waals surface area contributed by atoms with Gasteiger partial charge in [-0.2, -0.15) is 0 Å². The van der Waals surface area contributed by atoms with Crippen LogP contribution >= 0.6 is 12.4 Å². The van der Waals surface area contributed by atoms with Crippen LogP contribution in [0.1, 0.15) is 12.5 Å². The second kappa shape index (κ2) is 8.80. The highest BCUT2D eigenvalue weighted by molar-refractivity contribution is 7.90. The molecule has 0 heterocycles. The van der Waals surface area contributed by atoms with Gasteiger partial charge in [0.2, 0.25) is 20.0 Å². The number of aryl methyl sites for hydroxylation is 1. The number of benzene rings is 1. The lowest BCUT2D eigenvalue weighted by Gasteiger charge is -2.10. The summed E-state index contributed by atoms with van der Waals surface area (Å²) in [6.45, 7) is 5.05. The third-order valence-electron chi connectivity index (χ3n) is 2.86. The van der Waals surface area contributed by atoms with Crippen LogP contribution in [0.4, 0.5) is 0 Å². The first-order valence-corrected chi connectivity index (χ1v) is 9.46. The highest BCUT2D eigenvalue weighted by atomic mass is 35.5. The van der Waals surface area contributed by atoms with Gasteiger partial charge in [-0.1, -0.05) is 6.92 Å². The molecule has 22 heavy (non-hydrogen) atoms. The molecule has 0 spiro atoms. The summed E-state index contributed by atoms with van der Waals surface area (Å²) >= 11 is 0. The maximum absolute atomic E-state index is 12.1. The molecule has 0 aliphatic rings. The van der Waals surface area contributed by atoms with Crippen LogP contribution in [0.2, 0.25) is 0 Å². The van der Waals surface area contributed by atoms with E-state index < -0.39 is 20.0 Å². The zero-order valence-electron chi connectivity index (χ0n) is 12.7. The number of likely N-dealkylation sites (N-methyl/N-ethyl adjacent to an activating group) is 1. The van der Waals surface area contributed by atoms with Gasteiger partial charge in [0, 0.05) is 13.1 Å². The maximum Gasteiger partial charge on any atom is 0.240 e. The predicted molar refractivity (Wildman–Crippen MR) is 88.4 cm³/mol. The molecule has 0 fully saturated rings. The molecule has 10 heteroatoms. The summed E-state index contributed by atoms with van der Waals surface area (Å²) in [7, 11) is -5.92. The molecule has 0 amide bonds. The molecule has 0 bridgehead atoms. The standard InChI is InChI=1S/C12H21N3O4S2.ClH/c1-4-14-7-8-15-20(16,17)11-5-6-12(10(2)9-11)21(18,19)13-3;/h5-6,9,13-15H,4,7-8H2,1-3H3;1H. The van der Waals surface area contributed by atoms with Crippen molar-refractivity contribution in [3.63, 3.8) is 0 Å². The van der Waals surface area contributed by atoms with Gasteiger partial charge in [0.1, 0.15) is 0 Å². The number of halogens is 1. The number of hydrogen-bond donors (Lipinski definition) is 3. The lowest BCUT2D eigenvalue weighted by molar-refractivity contribution is 0.576. The maximum atomic E-state index is 12.1. The first-order valence-electron chi connectivity index (χ1n) is 6.49. The summed E-state index contributed by atoms with van der Waals surface area (Å²) in [5.41, 5.74) is 0.374. The lowest BCUT2D eigenvalue weighted by atomic mass is 10.2. The first kappa shape index (κ1) is 21.3. The largest absolute Gasteiger partial charge is 0.316 e. The van der Waals surface area contributed by atoms with Crippen molar-refractivity contribution in [2.45, 2.75) is 23.6 Å². The smallest absolute Gasteiger partial charge is 0.240 e. The number of rotatable bonds is 8. The Morgan fingerprint density at radius 2 is 1.68 bits per heavy atom. The minimum atomic E-state index is -3.64. The van der Waals surface area contributed by atoms with Crippen LogP contribution in [0.15, 0.2) is 28.0 Å². The van der Waals surface area contributed by atoms with E-state index in [2.05, 4.69) is 14.8 Å². The highest BCUT2D eigenvalue weighted by Gasteiger charge is 2.19. The average Bonchev–Trinajstić information content (AvgIpc) is 2.43. The highest BCUT2D eigenvalue weighted by Crippen LogP contribution is 2.19. The summed E-state index contributed by atoms with van der Waals surface area (Å²) < 4.78 is 52.3. The van der Waals surface area contributed by atoms with Gasteiger partial charge in [0.25, 0.3) is 0 Å². The number of hydrogen-bond acceptors (Lipinski definition) is 5. The lowest BCUT2D eigenvalue weighted by Crippen LogP contribution is -2.31. The molecular formula is C12H22ClN3O4S2. The quantitative estimate of drug-likeness (QED) is 0.567. The molecule has 1 aromatic carbocycles. The monoisotopic (exact) mass is 371 g/mol. The van der Waals surface area contributed by atoms with Gasteiger partial charge >= 0.3 is 0 Å². The van der Waals surface area contributed by atoms with Gasteiger partial charge in [-0.3, -0.25) is 0 Å². The van der Waals surface area contributed by atoms with Crippen LogP contribution in [0.25, 0.3) is 0 Å². The Hall–Kier alpha value is -0.710. The molecule has 0 unspecified atom stereocenters. The molecule has 0 atom stereocenters. The fourth-order valence-corrected chi connectivity index (χ4v) is 3.80. The Balaban J connectivity index is 0.00000441. The molecular weight excluding hydrogens is 350 g/mol. The van der Waals surface area contributed by atoms with Gasteiger partial charge in [0.05, 0.1) is 9.79 Å². The zero-order chi connectivity index (χ0) is 16.1. The van der Waals surface area contributed by atoms with E-state index >= 15 is 0 Å². The van der Waals surface area contributed by atoms with Crippen LogP contribution in [-0.2, 0) is 20.0 Å². The molecule has 0 saturated carbocycles. The summed E-state index contributed by atoms with van der Waals surface area (Å²) in [6.07, 6.45) is 0. The Labute approximate surface area is 138 Å². The van der Waals surface area contributed by atoms with Crippen molar-refractivity contribution in [3.8, 4) is 0 Å². The van der Waals surface area contributed by atoms with Gasteiger partial charge in [-0.05, 0) is 44.3 Å². The van der Waals surface area contributed by atoms with Crippen molar-refractivity contribution in [2.75, 3.05) is 26.7 Å². The summed E-state index contributed by atoms with van der Waals surface area (Å²) in [5, 5.41) is 3.01. The van der Waals surface area contributed by atoms with E-state index in [4.69, 9.17) is 0 Å². The van der Waals surface area contributed by atoms with Crippen LogP contribution in [0.3, 0.4) is 0 Å². The van der Waals surface area contributed by atoms with Crippen molar-refractivity contribution in [2.24, 2.45) is 0 Å². The first-order chi connectivity index (χ1) is 9.74. The molecule has 0 aromatic heterocycles. The average molecular weight is 372 g/mol. The predicted octanol–water partition coefficient (Wildman–Crippen LogP) is 0.213. The minimum Gasteiger partial charge on any atom is -0.316 e. The number of nitrogens with one attached hydrogen (secondary N) is 3. The van der Waals surface area contributed by atoms with Crippen LogP contribution in [0, 0.1) is 6.92 Å². The van der Waals surface area contributed by atoms with Gasteiger partial charge in [0.15, 0.2) is 0 Å². The molecule has 1 aromatic rings. The summed E-state index contributed by atoms with van der Waals surface area (Å²) in [5.74, 6) is 0. The molecule has 0 aliphatic carbocycles. The molecule has 0 aliphatic heterocycles. The fraction of sp³-hybridized carbons (Fsp3) is 0.500. The van der Waals surface area contributed by atoms with E-state index in [9.17, 15) is 16.8 Å². The third kappa shape index (κ3) is 5.49. The van der Waals surface area contributed by atoms with E-state index in [1.165, 1.54) is 25.2 Å². The van der Waals surface area contributed by atoms with E-state index in [-0.39, 0.29) is 28.7 Å². The molecule has 1 rings (SSSR count). The van der Waals surface area contributed by atoms with Crippen LogP contribution < -0.4 is 14.8 Å². The molecule has 0 radical (unpaired) electrons. The third-order valence-corrected chi connectivity index (χ3v) is 5.89. The zero-order valence-corrected chi connectivity index (χ0v) is 15.2. The van der Waals surface area contributed by atoms with E-state index in [0.717, 1.165) is 6.54 Å². The van der Waals surface area contributed by atoms with Crippen LogP contribution in [0.5, 0.6) is 0 Å². The summed E-state index contributed by atoms with van der Waals surface area (Å²) in [6, 6.07) is 3.92. The van der Waals surface area contributed by atoms with Crippen LogP contribution in [-0.4, -0.2) is 43.5 Å². The molecule has 0 saturated heterocycles. The fourth-order valence-electron chi connectivity index (χ4n) is 1.73. The van der Waals surface area contributed by atoms with E-state index in [0.29, 0.717) is 12.1 Å². The molecule has 7 nitrogen and oxygen atoms in total. The van der Waals surface area contributed by atoms with Gasteiger partial charge < -0.3 is 5.32 Å². The Kier molecular flexibility index (Phi) is 8.52. The SMILES string of the molecule is CCNCCNS(=O)(=O)c1ccc(S(=O)(=O)NC)c(C)c1.Cl. The Bertz CT molecular complexity index is 690. The van der Waals surface area contributed by atoms with Gasteiger partial charge in [-0.25, -0.2) is 26.3 Å². The van der Waals surface area contributed by atoms with E-state index in [1.807, 2.05) is 6.92 Å². The van der Waals surface area contributed by atoms with Gasteiger partial charge in [-0.15, -0.1) is 12.4 Å². The van der Waals surface area contributed by atoms with Crippen molar-refractivity contribution in [1.29, 1.82) is 0 Å². The van der Waals surface area contributed by atoms with Crippen molar-refractivity contribution >= 4 is 32.5 Å². The van der Waals surface area contributed by atoms with Crippen molar-refractivity contribution in [1.82, 2.24) is 14.8 Å². The number of sulfonamides is 2. The normalized spacial score (nSPS) is 12.0. The molecule has 3 N–H and O–H groups in total. The Morgan fingerprint density at radius 3 is 2.18 bits per heavy atom. The summed E-state index contributed by atoms with van der Waals surface area (Å²) in [4.78, 5) is 0.114. The minimum absolute atomic E-state index is 0. The van der Waals surface area contributed by atoms with Crippen molar-refractivity contribution < 1.29 is 16.8 Å². The molecule has 128 valence electrons.